The molecule has 36 heavy (non-hydrogen) atoms. The third-order valence-electron chi connectivity index (χ3n) is 6.19. The highest BCUT2D eigenvalue weighted by Crippen LogP contribution is 2.31. The van der Waals surface area contributed by atoms with Gasteiger partial charge in [-0.25, -0.2) is 14.2 Å². The maximum Gasteiger partial charge on any atom is 0.409 e. The minimum absolute atomic E-state index is 0.164. The van der Waals surface area contributed by atoms with Gasteiger partial charge in [-0.05, 0) is 44.5 Å². The van der Waals surface area contributed by atoms with Gasteiger partial charge in [-0.3, -0.25) is 4.79 Å². The van der Waals surface area contributed by atoms with Crippen LogP contribution in [0.2, 0.25) is 5.02 Å². The van der Waals surface area contributed by atoms with Gasteiger partial charge in [0.25, 0.3) is 5.91 Å². The molecular weight excluding hydrogens is 485 g/mol. The molecule has 1 aliphatic heterocycles. The molecule has 0 atom stereocenters. The number of aromatic nitrogens is 1. The lowest BCUT2D eigenvalue weighted by molar-refractivity contribution is 0.0560. The molecule has 3 aromatic rings. The second-order valence-electron chi connectivity index (χ2n) is 9.37. The number of ether oxygens (including phenoxy) is 1. The van der Waals surface area contributed by atoms with Crippen molar-refractivity contribution in [1.82, 2.24) is 14.8 Å². The molecule has 0 saturated carbocycles. The standard InChI is InChI=1S/C27H29ClFN3O4/c1-4-13-36-26(34)32-11-9-31(10-12-32)25(33)18-5-7-19-21(28)16-23(30-24(19)15-18)17-6-8-20(22(29)14-17)27(2,3)35/h5-8,14-16,35H,4,9-13H2,1-3H3. The van der Waals surface area contributed by atoms with E-state index in [4.69, 9.17) is 16.3 Å². The quantitative estimate of drug-likeness (QED) is 0.505. The van der Waals surface area contributed by atoms with E-state index in [1.807, 2.05) is 6.92 Å². The van der Waals surface area contributed by atoms with Crippen LogP contribution in [0, 0.1) is 5.82 Å². The van der Waals surface area contributed by atoms with Crippen LogP contribution >= 0.6 is 11.6 Å². The van der Waals surface area contributed by atoms with E-state index < -0.39 is 11.4 Å². The summed E-state index contributed by atoms with van der Waals surface area (Å²) in [5.74, 6) is -0.706. The van der Waals surface area contributed by atoms with Crippen molar-refractivity contribution in [1.29, 1.82) is 0 Å². The molecule has 0 spiro atoms. The van der Waals surface area contributed by atoms with E-state index in [-0.39, 0.29) is 17.6 Å². The molecule has 1 saturated heterocycles. The van der Waals surface area contributed by atoms with Crippen molar-refractivity contribution in [3.63, 3.8) is 0 Å². The lowest BCUT2D eigenvalue weighted by Gasteiger charge is -2.34. The molecule has 2 aromatic carbocycles. The topological polar surface area (TPSA) is 83.0 Å². The Bertz CT molecular complexity index is 1300. The van der Waals surface area contributed by atoms with Gasteiger partial charge in [0.05, 0.1) is 28.4 Å². The second-order valence-corrected chi connectivity index (χ2v) is 9.78. The Morgan fingerprint density at radius 1 is 1.08 bits per heavy atom. The average molecular weight is 514 g/mol. The molecule has 0 bridgehead atoms. The van der Waals surface area contributed by atoms with E-state index in [1.165, 1.54) is 26.0 Å². The fourth-order valence-corrected chi connectivity index (χ4v) is 4.46. The number of halogens is 2. The van der Waals surface area contributed by atoms with Gasteiger partial charge in [-0.1, -0.05) is 36.7 Å². The van der Waals surface area contributed by atoms with Crippen molar-refractivity contribution in [2.75, 3.05) is 32.8 Å². The van der Waals surface area contributed by atoms with E-state index in [1.54, 1.807) is 40.1 Å². The normalized spacial score (nSPS) is 14.3. The van der Waals surface area contributed by atoms with Crippen molar-refractivity contribution in [3.05, 3.63) is 64.4 Å². The zero-order valence-electron chi connectivity index (χ0n) is 20.6. The third-order valence-corrected chi connectivity index (χ3v) is 6.50. The van der Waals surface area contributed by atoms with Crippen LogP contribution in [0.15, 0.2) is 42.5 Å². The fraction of sp³-hybridized carbons (Fsp3) is 0.370. The van der Waals surface area contributed by atoms with Crippen LogP contribution in [0.25, 0.3) is 22.2 Å². The van der Waals surface area contributed by atoms with Gasteiger partial charge in [0.2, 0.25) is 0 Å². The number of hydrogen-bond donors (Lipinski definition) is 1. The summed E-state index contributed by atoms with van der Waals surface area (Å²) in [6.45, 7) is 6.97. The first kappa shape index (κ1) is 25.9. The molecule has 0 aliphatic carbocycles. The van der Waals surface area contributed by atoms with Gasteiger partial charge in [0.1, 0.15) is 5.82 Å². The molecule has 0 unspecified atom stereocenters. The summed E-state index contributed by atoms with van der Waals surface area (Å²) in [4.78, 5) is 33.2. The predicted molar refractivity (Wildman–Crippen MR) is 137 cm³/mol. The summed E-state index contributed by atoms with van der Waals surface area (Å²) in [7, 11) is 0. The number of fused-ring (bicyclic) bond motifs is 1. The molecule has 4 rings (SSSR count). The number of nitrogens with zero attached hydrogens (tertiary/aromatic N) is 3. The number of benzene rings is 2. The minimum atomic E-state index is -1.31. The zero-order valence-corrected chi connectivity index (χ0v) is 21.3. The number of pyridine rings is 1. The van der Waals surface area contributed by atoms with Crippen LogP contribution in [-0.4, -0.2) is 64.7 Å². The molecule has 1 fully saturated rings. The van der Waals surface area contributed by atoms with Gasteiger partial charge >= 0.3 is 6.09 Å². The van der Waals surface area contributed by atoms with Crippen molar-refractivity contribution in [2.24, 2.45) is 0 Å². The lowest BCUT2D eigenvalue weighted by Crippen LogP contribution is -2.50. The Hall–Kier alpha value is -3.23. The first-order valence-electron chi connectivity index (χ1n) is 11.9. The van der Waals surface area contributed by atoms with Crippen LogP contribution < -0.4 is 0 Å². The van der Waals surface area contributed by atoms with E-state index in [2.05, 4.69) is 4.98 Å². The predicted octanol–water partition coefficient (Wildman–Crippen LogP) is 5.23. The van der Waals surface area contributed by atoms with Gasteiger partial charge in [-0.2, -0.15) is 0 Å². The van der Waals surface area contributed by atoms with Crippen molar-refractivity contribution in [3.8, 4) is 11.3 Å². The molecule has 9 heteroatoms. The number of hydrogen-bond acceptors (Lipinski definition) is 5. The summed E-state index contributed by atoms with van der Waals surface area (Å²) < 4.78 is 19.8. The van der Waals surface area contributed by atoms with Crippen LogP contribution in [0.3, 0.4) is 0 Å². The average Bonchev–Trinajstić information content (AvgIpc) is 2.85. The molecule has 0 radical (unpaired) electrons. The summed E-state index contributed by atoms with van der Waals surface area (Å²) in [6, 6.07) is 11.3. The molecule has 2 heterocycles. The summed E-state index contributed by atoms with van der Waals surface area (Å²) in [5, 5.41) is 11.3. The number of carbonyl (C=O) groups excluding carboxylic acids is 2. The smallest absolute Gasteiger partial charge is 0.409 e. The molecular formula is C27H29ClFN3O4. The molecule has 1 aliphatic rings. The fourth-order valence-electron chi connectivity index (χ4n) is 4.19. The Morgan fingerprint density at radius 2 is 1.78 bits per heavy atom. The molecule has 7 nitrogen and oxygen atoms in total. The largest absolute Gasteiger partial charge is 0.449 e. The van der Waals surface area contributed by atoms with E-state index in [9.17, 15) is 19.1 Å². The SMILES string of the molecule is CCCOC(=O)N1CCN(C(=O)c2ccc3c(Cl)cc(-c4ccc(C(C)(C)O)c(F)c4)nc3c2)CC1. The minimum Gasteiger partial charge on any atom is -0.449 e. The van der Waals surface area contributed by atoms with Crippen molar-refractivity contribution >= 4 is 34.5 Å². The van der Waals surface area contributed by atoms with E-state index in [0.717, 1.165) is 6.42 Å². The highest BCUT2D eigenvalue weighted by molar-refractivity contribution is 6.35. The van der Waals surface area contributed by atoms with Crippen LogP contribution in [0.4, 0.5) is 9.18 Å². The van der Waals surface area contributed by atoms with E-state index >= 15 is 0 Å². The highest BCUT2D eigenvalue weighted by Gasteiger charge is 2.26. The third kappa shape index (κ3) is 5.44. The van der Waals surface area contributed by atoms with Gasteiger partial charge in [0.15, 0.2) is 0 Å². The van der Waals surface area contributed by atoms with Crippen LogP contribution in [-0.2, 0) is 10.3 Å². The first-order valence-corrected chi connectivity index (χ1v) is 12.3. The van der Waals surface area contributed by atoms with Crippen LogP contribution in [0.5, 0.6) is 0 Å². The number of carbonyl (C=O) groups is 2. The van der Waals surface area contributed by atoms with Gasteiger partial charge < -0.3 is 19.6 Å². The summed E-state index contributed by atoms with van der Waals surface area (Å²) >= 11 is 6.50. The Morgan fingerprint density at radius 3 is 2.42 bits per heavy atom. The second kappa shape index (κ2) is 10.4. The Balaban J connectivity index is 1.56. The molecule has 190 valence electrons. The number of amides is 2. The number of aliphatic hydroxyl groups is 1. The summed E-state index contributed by atoms with van der Waals surface area (Å²) in [5.41, 5.74) is 0.799. The van der Waals surface area contributed by atoms with Gasteiger partial charge in [0, 0.05) is 48.3 Å². The monoisotopic (exact) mass is 513 g/mol. The molecule has 1 aromatic heterocycles. The Labute approximate surface area is 214 Å². The van der Waals surface area contributed by atoms with Gasteiger partial charge in [-0.15, -0.1) is 0 Å². The highest BCUT2D eigenvalue weighted by atomic mass is 35.5. The first-order chi connectivity index (χ1) is 17.1. The van der Waals surface area contributed by atoms with Crippen molar-refractivity contribution in [2.45, 2.75) is 32.8 Å². The Kier molecular flexibility index (Phi) is 7.47. The summed E-state index contributed by atoms with van der Waals surface area (Å²) in [6.07, 6.45) is 0.403. The maximum atomic E-state index is 14.7. The van der Waals surface area contributed by atoms with Crippen LogP contribution in [0.1, 0.15) is 43.1 Å². The number of rotatable bonds is 5. The maximum absolute atomic E-state index is 14.7. The number of piperazine rings is 1. The molecule has 1 N–H and O–H groups in total. The van der Waals surface area contributed by atoms with E-state index in [0.29, 0.717) is 65.5 Å². The lowest BCUT2D eigenvalue weighted by atomic mass is 9.95. The van der Waals surface area contributed by atoms with Crippen molar-refractivity contribution < 1.29 is 23.8 Å². The zero-order chi connectivity index (χ0) is 26.0. The molecule has 2 amide bonds.